The first kappa shape index (κ1) is 22.9. The molecule has 1 saturated heterocycles. The zero-order valence-electron chi connectivity index (χ0n) is 16.5. The Labute approximate surface area is 174 Å². The Bertz CT molecular complexity index is 755. The lowest BCUT2D eigenvalue weighted by molar-refractivity contribution is -0.129. The van der Waals surface area contributed by atoms with E-state index in [1.807, 2.05) is 18.2 Å². The summed E-state index contributed by atoms with van der Waals surface area (Å²) in [5.74, 6) is -1.60. The molecule has 0 aliphatic carbocycles. The summed E-state index contributed by atoms with van der Waals surface area (Å²) in [7, 11) is 0. The summed E-state index contributed by atoms with van der Waals surface area (Å²) >= 11 is 0. The van der Waals surface area contributed by atoms with Crippen molar-refractivity contribution in [2.45, 2.75) is 31.9 Å². The van der Waals surface area contributed by atoms with E-state index in [1.54, 1.807) is 12.1 Å². The zero-order chi connectivity index (χ0) is 21.8. The minimum Gasteiger partial charge on any atom is -0.445 e. The number of benzene rings is 1. The molecule has 0 spiro atoms. The number of hydrogen-bond donors (Lipinski definition) is 4. The first-order valence-corrected chi connectivity index (χ1v) is 9.71. The van der Waals surface area contributed by atoms with E-state index < -0.39 is 23.9 Å². The number of amides is 4. The lowest BCUT2D eigenvalue weighted by Crippen LogP contribution is -2.47. The predicted molar refractivity (Wildman–Crippen MR) is 106 cm³/mol. The van der Waals surface area contributed by atoms with Crippen molar-refractivity contribution in [3.63, 3.8) is 0 Å². The Morgan fingerprint density at radius 2 is 1.87 bits per heavy atom. The smallest absolute Gasteiger partial charge is 0.407 e. The summed E-state index contributed by atoms with van der Waals surface area (Å²) in [4.78, 5) is 58.3. The van der Waals surface area contributed by atoms with E-state index in [0.29, 0.717) is 19.3 Å². The van der Waals surface area contributed by atoms with Crippen LogP contribution in [0.5, 0.6) is 0 Å². The highest BCUT2D eigenvalue weighted by Gasteiger charge is 2.26. The SMILES string of the molecule is O=CC(CC1CCCNC1=O)NC(=O)CNC(=O)CNC(=O)OCc1ccccc1. The van der Waals surface area contributed by atoms with Gasteiger partial charge in [0, 0.05) is 12.5 Å². The predicted octanol–water partition coefficient (Wildman–Crippen LogP) is -0.371. The quantitative estimate of drug-likeness (QED) is 0.382. The molecule has 1 aromatic carbocycles. The van der Waals surface area contributed by atoms with Gasteiger partial charge < -0.3 is 30.8 Å². The summed E-state index contributed by atoms with van der Waals surface area (Å²) in [6.07, 6.45) is 1.52. The van der Waals surface area contributed by atoms with Crippen LogP contribution in [-0.4, -0.2) is 55.8 Å². The fourth-order valence-electron chi connectivity index (χ4n) is 2.94. The summed E-state index contributed by atoms with van der Waals surface area (Å²) in [5.41, 5.74) is 0.809. The summed E-state index contributed by atoms with van der Waals surface area (Å²) in [5, 5.41) is 9.83. The van der Waals surface area contributed by atoms with Crippen molar-refractivity contribution in [2.24, 2.45) is 5.92 Å². The normalized spacial score (nSPS) is 16.5. The van der Waals surface area contributed by atoms with E-state index in [0.717, 1.165) is 12.0 Å². The van der Waals surface area contributed by atoms with Crippen LogP contribution >= 0.6 is 0 Å². The van der Waals surface area contributed by atoms with Gasteiger partial charge in [0.15, 0.2) is 0 Å². The molecule has 10 nitrogen and oxygen atoms in total. The van der Waals surface area contributed by atoms with Crippen LogP contribution < -0.4 is 21.3 Å². The summed E-state index contributed by atoms with van der Waals surface area (Å²) in [6.45, 7) is -0.0306. The highest BCUT2D eigenvalue weighted by molar-refractivity contribution is 5.88. The Hall–Kier alpha value is -3.43. The molecule has 1 aromatic rings. The van der Waals surface area contributed by atoms with Crippen molar-refractivity contribution in [3.05, 3.63) is 35.9 Å². The number of ether oxygens (including phenoxy) is 1. The molecule has 2 unspecified atom stereocenters. The molecule has 30 heavy (non-hydrogen) atoms. The molecule has 1 aliphatic rings. The highest BCUT2D eigenvalue weighted by atomic mass is 16.5. The summed E-state index contributed by atoms with van der Waals surface area (Å²) in [6, 6.07) is 8.25. The van der Waals surface area contributed by atoms with Gasteiger partial charge in [-0.3, -0.25) is 14.4 Å². The third-order valence-electron chi connectivity index (χ3n) is 4.50. The molecule has 0 saturated carbocycles. The number of carbonyl (C=O) groups excluding carboxylic acids is 5. The van der Waals surface area contributed by atoms with Gasteiger partial charge in [-0.15, -0.1) is 0 Å². The molecule has 162 valence electrons. The van der Waals surface area contributed by atoms with Crippen LogP contribution in [0, 0.1) is 5.92 Å². The number of piperidine rings is 1. The van der Waals surface area contributed by atoms with Crippen LogP contribution in [0.2, 0.25) is 0 Å². The van der Waals surface area contributed by atoms with E-state index in [4.69, 9.17) is 4.74 Å². The standard InChI is InChI=1S/C20H26N4O6/c25-12-16(9-15-7-4-8-21-19(15)28)24-18(27)11-22-17(26)10-23-20(29)30-13-14-5-2-1-3-6-14/h1-3,5-6,12,15-16H,4,7-11,13H2,(H,21,28)(H,22,26)(H,23,29)(H,24,27). The topological polar surface area (TPSA) is 143 Å². The van der Waals surface area contributed by atoms with Crippen LogP contribution in [0.3, 0.4) is 0 Å². The van der Waals surface area contributed by atoms with Crippen LogP contribution in [0.25, 0.3) is 0 Å². The van der Waals surface area contributed by atoms with Gasteiger partial charge in [0.05, 0.1) is 12.6 Å². The third-order valence-corrected chi connectivity index (χ3v) is 4.50. The number of aldehydes is 1. The van der Waals surface area contributed by atoms with Gasteiger partial charge in [0.25, 0.3) is 0 Å². The van der Waals surface area contributed by atoms with Gasteiger partial charge in [-0.1, -0.05) is 30.3 Å². The minimum atomic E-state index is -0.811. The number of nitrogens with one attached hydrogen (secondary N) is 4. The number of carbonyl (C=O) groups is 5. The Balaban J connectivity index is 1.61. The molecule has 1 aliphatic heterocycles. The Morgan fingerprint density at radius 1 is 1.13 bits per heavy atom. The maximum atomic E-state index is 11.9. The van der Waals surface area contributed by atoms with Gasteiger partial charge in [0.2, 0.25) is 17.7 Å². The lowest BCUT2D eigenvalue weighted by atomic mass is 9.92. The first-order valence-electron chi connectivity index (χ1n) is 9.71. The molecule has 4 amide bonds. The van der Waals surface area contributed by atoms with Crippen molar-refractivity contribution in [1.82, 2.24) is 21.3 Å². The number of rotatable bonds is 10. The molecular formula is C20H26N4O6. The maximum absolute atomic E-state index is 11.9. The summed E-state index contributed by atoms with van der Waals surface area (Å²) < 4.78 is 4.97. The molecule has 2 atom stereocenters. The second kappa shape index (κ2) is 12.2. The molecule has 1 fully saturated rings. The van der Waals surface area contributed by atoms with Gasteiger partial charge in [0.1, 0.15) is 19.4 Å². The van der Waals surface area contributed by atoms with E-state index in [-0.39, 0.29) is 37.9 Å². The van der Waals surface area contributed by atoms with Crippen LogP contribution in [-0.2, 0) is 30.5 Å². The minimum absolute atomic E-state index is 0.0722. The third kappa shape index (κ3) is 8.29. The fraction of sp³-hybridized carbons (Fsp3) is 0.450. The van der Waals surface area contributed by atoms with E-state index in [1.165, 1.54) is 0 Å². The Morgan fingerprint density at radius 3 is 2.57 bits per heavy atom. The van der Waals surface area contributed by atoms with Gasteiger partial charge in [-0.2, -0.15) is 0 Å². The van der Waals surface area contributed by atoms with Crippen LogP contribution in [0.15, 0.2) is 30.3 Å². The molecule has 2 rings (SSSR count). The molecular weight excluding hydrogens is 392 g/mol. The maximum Gasteiger partial charge on any atom is 0.407 e. The monoisotopic (exact) mass is 418 g/mol. The average Bonchev–Trinajstić information content (AvgIpc) is 2.76. The molecule has 0 bridgehead atoms. The van der Waals surface area contributed by atoms with E-state index >= 15 is 0 Å². The lowest BCUT2D eigenvalue weighted by Gasteiger charge is -2.24. The van der Waals surface area contributed by atoms with E-state index in [9.17, 15) is 24.0 Å². The molecule has 0 radical (unpaired) electrons. The van der Waals surface area contributed by atoms with Crippen LogP contribution in [0.4, 0.5) is 4.79 Å². The van der Waals surface area contributed by atoms with Gasteiger partial charge >= 0.3 is 6.09 Å². The van der Waals surface area contributed by atoms with Gasteiger partial charge in [-0.05, 0) is 24.8 Å². The second-order valence-corrected chi connectivity index (χ2v) is 6.87. The zero-order valence-corrected chi connectivity index (χ0v) is 16.5. The second-order valence-electron chi connectivity index (χ2n) is 6.87. The van der Waals surface area contributed by atoms with Crippen molar-refractivity contribution >= 4 is 30.1 Å². The van der Waals surface area contributed by atoms with E-state index in [2.05, 4.69) is 21.3 Å². The molecule has 1 heterocycles. The van der Waals surface area contributed by atoms with Crippen molar-refractivity contribution < 1.29 is 28.7 Å². The van der Waals surface area contributed by atoms with Crippen molar-refractivity contribution in [2.75, 3.05) is 19.6 Å². The van der Waals surface area contributed by atoms with Gasteiger partial charge in [-0.25, -0.2) is 4.79 Å². The average molecular weight is 418 g/mol. The van der Waals surface area contributed by atoms with Crippen molar-refractivity contribution in [1.29, 1.82) is 0 Å². The number of hydrogen-bond acceptors (Lipinski definition) is 6. The van der Waals surface area contributed by atoms with Crippen molar-refractivity contribution in [3.8, 4) is 0 Å². The highest BCUT2D eigenvalue weighted by Crippen LogP contribution is 2.16. The fourth-order valence-corrected chi connectivity index (χ4v) is 2.94. The Kier molecular flexibility index (Phi) is 9.29. The molecule has 0 aromatic heterocycles. The molecule has 4 N–H and O–H groups in total. The van der Waals surface area contributed by atoms with Crippen LogP contribution in [0.1, 0.15) is 24.8 Å². The first-order chi connectivity index (χ1) is 14.5. The largest absolute Gasteiger partial charge is 0.445 e. The molecule has 10 heteroatoms. The number of alkyl carbamates (subject to hydrolysis) is 1.